The Hall–Kier alpha value is -0.160. The van der Waals surface area contributed by atoms with Gasteiger partial charge in [-0.05, 0) is 32.4 Å². The lowest BCUT2D eigenvalue weighted by molar-refractivity contribution is 0.575. The van der Waals surface area contributed by atoms with Gasteiger partial charge in [-0.25, -0.2) is 0 Å². The summed E-state index contributed by atoms with van der Waals surface area (Å²) in [4.78, 5) is 0. The van der Waals surface area contributed by atoms with E-state index in [1.54, 1.807) is 0 Å². The van der Waals surface area contributed by atoms with Gasteiger partial charge in [0.05, 0.1) is 6.17 Å². The molecule has 0 radical (unpaired) electrons. The third-order valence-corrected chi connectivity index (χ3v) is 2.80. The summed E-state index contributed by atoms with van der Waals surface area (Å²) in [6, 6.07) is 0. The summed E-state index contributed by atoms with van der Waals surface area (Å²) >= 11 is 0. The molecule has 4 nitrogen and oxygen atoms in total. The van der Waals surface area contributed by atoms with Crippen molar-refractivity contribution in [2.75, 3.05) is 13.1 Å². The molecule has 0 fully saturated rings. The Kier molecular flexibility index (Phi) is 21.5. The molecule has 0 spiro atoms. The van der Waals surface area contributed by atoms with E-state index in [1.165, 1.54) is 57.8 Å². The van der Waals surface area contributed by atoms with Crippen LogP contribution in [0.5, 0.6) is 0 Å². The fourth-order valence-electron chi connectivity index (χ4n) is 1.63. The van der Waals surface area contributed by atoms with Crippen LogP contribution in [0.25, 0.3) is 0 Å². The summed E-state index contributed by atoms with van der Waals surface area (Å²) < 4.78 is 0. The van der Waals surface area contributed by atoms with Gasteiger partial charge in [-0.1, -0.05) is 51.9 Å². The van der Waals surface area contributed by atoms with E-state index < -0.39 is 0 Å². The molecule has 0 aromatic heterocycles. The Balaban J connectivity index is 0. The molecule has 18 heavy (non-hydrogen) atoms. The Morgan fingerprint density at radius 1 is 0.667 bits per heavy atom. The largest absolute Gasteiger partial charge is 0.330 e. The number of unbranched alkanes of at least 4 members (excludes halogenated alkanes) is 7. The van der Waals surface area contributed by atoms with Gasteiger partial charge in [0.2, 0.25) is 0 Å². The molecule has 112 valence electrons. The highest BCUT2D eigenvalue weighted by Gasteiger charge is 1.90. The average molecular weight is 260 g/mol. The van der Waals surface area contributed by atoms with Gasteiger partial charge in [0.1, 0.15) is 0 Å². The Bertz CT molecular complexity index is 121. The van der Waals surface area contributed by atoms with E-state index in [2.05, 4.69) is 6.92 Å². The zero-order valence-electron chi connectivity index (χ0n) is 12.4. The molecule has 0 amide bonds. The van der Waals surface area contributed by atoms with Gasteiger partial charge in [-0.15, -0.1) is 0 Å². The third kappa shape index (κ3) is 24.9. The van der Waals surface area contributed by atoms with Gasteiger partial charge >= 0.3 is 0 Å². The maximum atomic E-state index is 5.35. The van der Waals surface area contributed by atoms with E-state index in [1.807, 2.05) is 0 Å². The molecule has 0 bridgehead atoms. The first-order valence-corrected chi connectivity index (χ1v) is 7.60. The Labute approximate surface area is 114 Å². The maximum absolute atomic E-state index is 5.35. The van der Waals surface area contributed by atoms with Crippen molar-refractivity contribution in [2.45, 2.75) is 77.3 Å². The average Bonchev–Trinajstić information content (AvgIpc) is 2.34. The van der Waals surface area contributed by atoms with E-state index in [9.17, 15) is 0 Å². The highest BCUT2D eigenvalue weighted by molar-refractivity contribution is 4.49. The minimum Gasteiger partial charge on any atom is -0.330 e. The Morgan fingerprint density at radius 3 is 1.44 bits per heavy atom. The summed E-state index contributed by atoms with van der Waals surface area (Å²) in [6.07, 6.45) is 12.2. The molecule has 4 heteroatoms. The summed E-state index contributed by atoms with van der Waals surface area (Å²) in [5.74, 6) is 0. The van der Waals surface area contributed by atoms with Crippen LogP contribution in [0.3, 0.4) is 0 Å². The molecule has 8 N–H and O–H groups in total. The highest BCUT2D eigenvalue weighted by Crippen LogP contribution is 2.03. The maximum Gasteiger partial charge on any atom is 0.0520 e. The molecule has 0 aromatic carbocycles. The van der Waals surface area contributed by atoms with Crippen molar-refractivity contribution in [3.8, 4) is 0 Å². The van der Waals surface area contributed by atoms with E-state index in [4.69, 9.17) is 22.9 Å². The van der Waals surface area contributed by atoms with Crippen LogP contribution in [0.4, 0.5) is 0 Å². The second kappa shape index (κ2) is 19.2. The summed E-state index contributed by atoms with van der Waals surface area (Å²) in [6.45, 7) is 3.86. The fraction of sp³-hybridized carbons (Fsp3) is 1.00. The molecule has 0 saturated carbocycles. The first-order valence-electron chi connectivity index (χ1n) is 7.60. The third-order valence-electron chi connectivity index (χ3n) is 2.80. The van der Waals surface area contributed by atoms with Crippen LogP contribution in [0.15, 0.2) is 0 Å². The number of rotatable bonds is 11. The van der Waals surface area contributed by atoms with Crippen molar-refractivity contribution in [2.24, 2.45) is 22.9 Å². The van der Waals surface area contributed by atoms with E-state index in [-0.39, 0.29) is 6.17 Å². The van der Waals surface area contributed by atoms with Crippen LogP contribution in [0, 0.1) is 0 Å². The van der Waals surface area contributed by atoms with E-state index >= 15 is 0 Å². The second-order valence-electron chi connectivity index (χ2n) is 4.86. The lowest BCUT2D eigenvalue weighted by Crippen LogP contribution is -2.29. The van der Waals surface area contributed by atoms with Gasteiger partial charge < -0.3 is 22.9 Å². The highest BCUT2D eigenvalue weighted by atomic mass is 14.8. The molecule has 0 saturated heterocycles. The first-order chi connectivity index (χ1) is 8.68. The van der Waals surface area contributed by atoms with Gasteiger partial charge in [0.15, 0.2) is 0 Å². The number of hydrogen-bond donors (Lipinski definition) is 4. The van der Waals surface area contributed by atoms with E-state index in [0.717, 1.165) is 19.5 Å². The van der Waals surface area contributed by atoms with Crippen molar-refractivity contribution in [3.63, 3.8) is 0 Å². The first kappa shape index (κ1) is 20.2. The van der Waals surface area contributed by atoms with Crippen LogP contribution >= 0.6 is 0 Å². The molecule has 0 aliphatic carbocycles. The van der Waals surface area contributed by atoms with Crippen molar-refractivity contribution in [1.82, 2.24) is 0 Å². The minimum atomic E-state index is -0.0958. The van der Waals surface area contributed by atoms with Crippen molar-refractivity contribution in [1.29, 1.82) is 0 Å². The summed E-state index contributed by atoms with van der Waals surface area (Å²) in [7, 11) is 0. The van der Waals surface area contributed by atoms with Crippen LogP contribution in [0.1, 0.15) is 71.1 Å². The van der Waals surface area contributed by atoms with Gasteiger partial charge in [-0.2, -0.15) is 0 Å². The lowest BCUT2D eigenvalue weighted by atomic mass is 10.1. The predicted molar refractivity (Wildman–Crippen MR) is 82.1 cm³/mol. The molecule has 0 rings (SSSR count). The Morgan fingerprint density at radius 2 is 1.11 bits per heavy atom. The van der Waals surface area contributed by atoms with Crippen molar-refractivity contribution in [3.05, 3.63) is 0 Å². The normalized spacial score (nSPS) is 10.3. The van der Waals surface area contributed by atoms with Crippen LogP contribution in [-0.2, 0) is 0 Å². The standard InChI is InChI=1S/C8H20N2.C6H16N2/c9-7-5-3-1-2-4-6-8-10;1-2-3-4-5-6(7)8/h1-10H2;6H,2-5,7-8H2,1H3. The monoisotopic (exact) mass is 260 g/mol. The van der Waals surface area contributed by atoms with Crippen molar-refractivity contribution < 1.29 is 0 Å². The van der Waals surface area contributed by atoms with E-state index in [0.29, 0.717) is 0 Å². The topological polar surface area (TPSA) is 104 Å². The molecule has 0 aliphatic rings. The fourth-order valence-corrected chi connectivity index (χ4v) is 1.63. The number of hydrogen-bond acceptors (Lipinski definition) is 4. The van der Waals surface area contributed by atoms with Gasteiger partial charge in [0, 0.05) is 0 Å². The summed E-state index contributed by atoms with van der Waals surface area (Å²) in [5, 5.41) is 0. The van der Waals surface area contributed by atoms with Crippen LogP contribution < -0.4 is 22.9 Å². The predicted octanol–water partition coefficient (Wildman–Crippen LogP) is 2.05. The zero-order chi connectivity index (χ0) is 14.1. The minimum absolute atomic E-state index is 0.0958. The SMILES string of the molecule is CCCCCC(N)N.NCCCCCCCCN. The second-order valence-corrected chi connectivity index (χ2v) is 4.86. The lowest BCUT2D eigenvalue weighted by Gasteiger charge is -2.01. The molecular formula is C14H36N4. The molecule has 0 atom stereocenters. The molecule has 0 unspecified atom stereocenters. The van der Waals surface area contributed by atoms with Gasteiger partial charge in [-0.3, -0.25) is 0 Å². The van der Waals surface area contributed by atoms with Crippen molar-refractivity contribution >= 4 is 0 Å². The van der Waals surface area contributed by atoms with Crippen LogP contribution in [-0.4, -0.2) is 19.3 Å². The molecule has 0 aromatic rings. The zero-order valence-corrected chi connectivity index (χ0v) is 12.4. The molecular weight excluding hydrogens is 224 g/mol. The summed E-state index contributed by atoms with van der Waals surface area (Å²) in [5.41, 5.74) is 21.3. The molecule has 0 heterocycles. The van der Waals surface area contributed by atoms with Crippen LogP contribution in [0.2, 0.25) is 0 Å². The number of nitrogens with two attached hydrogens (primary N) is 4. The quantitative estimate of drug-likeness (QED) is 0.337. The molecule has 0 aliphatic heterocycles. The smallest absolute Gasteiger partial charge is 0.0520 e. The van der Waals surface area contributed by atoms with Gasteiger partial charge in [0.25, 0.3) is 0 Å².